The molecule has 12 heteroatoms. The van der Waals surface area contributed by atoms with E-state index in [1.165, 1.54) is 7.11 Å². The van der Waals surface area contributed by atoms with E-state index in [4.69, 9.17) is 21.3 Å². The molecular formula is C25H26ClN7O4. The van der Waals surface area contributed by atoms with Gasteiger partial charge < -0.3 is 15.4 Å². The first-order chi connectivity index (χ1) is 17.9. The molecule has 0 aliphatic carbocycles. The summed E-state index contributed by atoms with van der Waals surface area (Å²) in [4.78, 5) is 42.2. The molecule has 2 aliphatic heterocycles. The molecule has 192 valence electrons. The number of benzene rings is 1. The van der Waals surface area contributed by atoms with Crippen molar-refractivity contribution >= 4 is 58.4 Å². The Balaban J connectivity index is 1.44. The van der Waals surface area contributed by atoms with Crippen molar-refractivity contribution in [3.8, 4) is 0 Å². The van der Waals surface area contributed by atoms with E-state index >= 15 is 0 Å². The number of anilines is 3. The summed E-state index contributed by atoms with van der Waals surface area (Å²) in [5.74, 6) is 0.305. The zero-order valence-corrected chi connectivity index (χ0v) is 20.9. The Hall–Kier alpha value is -3.96. The largest absolute Gasteiger partial charge is 0.468 e. The van der Waals surface area contributed by atoms with Crippen molar-refractivity contribution in [2.75, 3.05) is 37.4 Å². The molecule has 3 aromatic rings. The van der Waals surface area contributed by atoms with E-state index in [-0.39, 0.29) is 30.9 Å². The molecule has 2 aromatic heterocycles. The zero-order chi connectivity index (χ0) is 25.9. The number of piperidine rings is 1. The highest BCUT2D eigenvalue weighted by Gasteiger charge is 2.25. The fourth-order valence-corrected chi connectivity index (χ4v) is 4.65. The van der Waals surface area contributed by atoms with Gasteiger partial charge in [-0.25, -0.2) is 4.98 Å². The summed E-state index contributed by atoms with van der Waals surface area (Å²) in [7, 11) is 1.39. The summed E-state index contributed by atoms with van der Waals surface area (Å²) in [6, 6.07) is 9.33. The second-order valence-electron chi connectivity index (χ2n) is 8.99. The highest BCUT2D eigenvalue weighted by atomic mass is 35.5. The number of likely N-dealkylation sites (tertiary alicyclic amines) is 1. The van der Waals surface area contributed by atoms with Crippen molar-refractivity contribution in [1.82, 2.24) is 24.8 Å². The van der Waals surface area contributed by atoms with E-state index in [1.54, 1.807) is 28.9 Å². The Bertz CT molecular complexity index is 1390. The summed E-state index contributed by atoms with van der Waals surface area (Å²) in [6.45, 7) is 1.80. The number of rotatable bonds is 7. The monoisotopic (exact) mass is 523 g/mol. The predicted octanol–water partition coefficient (Wildman–Crippen LogP) is 2.61. The molecule has 0 bridgehead atoms. The van der Waals surface area contributed by atoms with Crippen molar-refractivity contribution in [3.63, 3.8) is 0 Å². The molecule has 11 nitrogen and oxygen atoms in total. The summed E-state index contributed by atoms with van der Waals surface area (Å²) in [5.41, 5.74) is 2.27. The van der Waals surface area contributed by atoms with E-state index in [0.29, 0.717) is 27.6 Å². The second-order valence-corrected chi connectivity index (χ2v) is 9.43. The number of carbonyl (C=O) groups is 3. The lowest BCUT2D eigenvalue weighted by Gasteiger charge is -2.32. The van der Waals surface area contributed by atoms with Crippen LogP contribution in [0, 0.1) is 0 Å². The second kappa shape index (κ2) is 10.6. The Morgan fingerprint density at radius 1 is 1.27 bits per heavy atom. The van der Waals surface area contributed by atoms with Gasteiger partial charge in [0.25, 0.3) is 5.91 Å². The number of amides is 2. The number of carbonyl (C=O) groups excluding carboxylic acids is 3. The van der Waals surface area contributed by atoms with Crippen LogP contribution in [0.25, 0.3) is 11.7 Å². The molecule has 4 heterocycles. The van der Waals surface area contributed by atoms with Gasteiger partial charge in [-0.1, -0.05) is 17.7 Å². The molecule has 37 heavy (non-hydrogen) atoms. The maximum Gasteiger partial charge on any atom is 0.319 e. The van der Waals surface area contributed by atoms with E-state index in [1.807, 2.05) is 18.2 Å². The number of nitrogens with zero attached hydrogens (tertiary/aromatic N) is 4. The van der Waals surface area contributed by atoms with Crippen LogP contribution in [-0.2, 0) is 19.1 Å². The van der Waals surface area contributed by atoms with E-state index in [0.717, 1.165) is 37.4 Å². The zero-order valence-electron chi connectivity index (χ0n) is 20.2. The topological polar surface area (TPSA) is 130 Å². The minimum Gasteiger partial charge on any atom is -0.468 e. The van der Waals surface area contributed by atoms with Gasteiger partial charge in [-0.3, -0.25) is 24.6 Å². The molecule has 3 N–H and O–H groups in total. The third-order valence-corrected chi connectivity index (χ3v) is 6.58. The van der Waals surface area contributed by atoms with Gasteiger partial charge in [-0.2, -0.15) is 9.61 Å². The molecular weight excluding hydrogens is 498 g/mol. The normalized spacial score (nSPS) is 17.8. The number of ether oxygens (including phenoxy) is 1. The van der Waals surface area contributed by atoms with Crippen LogP contribution >= 0.6 is 11.6 Å². The number of hydrogen-bond acceptors (Lipinski definition) is 9. The van der Waals surface area contributed by atoms with Crippen molar-refractivity contribution < 1.29 is 19.1 Å². The molecule has 0 spiro atoms. The predicted molar refractivity (Wildman–Crippen MR) is 139 cm³/mol. The highest BCUT2D eigenvalue weighted by molar-refractivity contribution is 6.30. The van der Waals surface area contributed by atoms with E-state index in [2.05, 4.69) is 25.9 Å². The molecule has 0 saturated carbocycles. The first-order valence-electron chi connectivity index (χ1n) is 11.9. The van der Waals surface area contributed by atoms with Gasteiger partial charge >= 0.3 is 5.97 Å². The van der Waals surface area contributed by atoms with Gasteiger partial charge in [-0.05, 0) is 37.1 Å². The van der Waals surface area contributed by atoms with Gasteiger partial charge in [0.05, 0.1) is 26.3 Å². The number of imide groups is 1. The van der Waals surface area contributed by atoms with Gasteiger partial charge in [0.2, 0.25) is 5.91 Å². The Morgan fingerprint density at radius 3 is 2.78 bits per heavy atom. The van der Waals surface area contributed by atoms with Crippen LogP contribution in [0.3, 0.4) is 0 Å². The average molecular weight is 524 g/mol. The minimum absolute atomic E-state index is 0.0197. The van der Waals surface area contributed by atoms with E-state index in [9.17, 15) is 14.4 Å². The standard InChI is InChI=1S/C25H26ClN7O4/c1-37-23(35)14-32-7-5-18(6-8-32)29-21-12-20(28-19-4-2-3-17(26)11-19)30-24-16(13-27-33(21)24)9-15-10-22(34)31-25(15)36/h2-4,9,11-13,18,29H,5-8,10,14H2,1H3,(H,28,30)(H,31,34,36)/b15-9+. The Labute approximate surface area is 217 Å². The third kappa shape index (κ3) is 5.73. The molecule has 0 unspecified atom stereocenters. The highest BCUT2D eigenvalue weighted by Crippen LogP contribution is 2.27. The van der Waals surface area contributed by atoms with Crippen LogP contribution in [-0.4, -0.2) is 70.1 Å². The van der Waals surface area contributed by atoms with Gasteiger partial charge in [0, 0.05) is 47.0 Å². The fourth-order valence-electron chi connectivity index (χ4n) is 4.46. The minimum atomic E-state index is -0.408. The fraction of sp³-hybridized carbons (Fsp3) is 0.320. The number of aromatic nitrogens is 3. The third-order valence-electron chi connectivity index (χ3n) is 6.34. The van der Waals surface area contributed by atoms with E-state index < -0.39 is 5.91 Å². The molecule has 2 aliphatic rings. The summed E-state index contributed by atoms with van der Waals surface area (Å²) >= 11 is 6.15. The van der Waals surface area contributed by atoms with Crippen molar-refractivity contribution in [2.24, 2.45) is 0 Å². The van der Waals surface area contributed by atoms with Crippen LogP contribution < -0.4 is 16.0 Å². The van der Waals surface area contributed by atoms with Crippen LogP contribution in [0.15, 0.2) is 42.1 Å². The molecule has 1 aromatic carbocycles. The van der Waals surface area contributed by atoms with Crippen LogP contribution in [0.1, 0.15) is 24.8 Å². The first kappa shape index (κ1) is 24.7. The Kier molecular flexibility index (Phi) is 7.06. The first-order valence-corrected chi connectivity index (χ1v) is 12.3. The molecule has 0 atom stereocenters. The van der Waals surface area contributed by atoms with Gasteiger partial charge in [0.1, 0.15) is 11.6 Å². The van der Waals surface area contributed by atoms with Crippen LogP contribution in [0.2, 0.25) is 5.02 Å². The van der Waals surface area contributed by atoms with Crippen LogP contribution in [0.4, 0.5) is 17.3 Å². The number of esters is 1. The van der Waals surface area contributed by atoms with Crippen molar-refractivity contribution in [1.29, 1.82) is 0 Å². The number of fused-ring (bicyclic) bond motifs is 1. The SMILES string of the molecule is COC(=O)CN1CCC(Nc2cc(Nc3cccc(Cl)c3)nc3c(/C=C4\CC(=O)NC4=O)cnn23)CC1. The lowest BCUT2D eigenvalue weighted by molar-refractivity contribution is -0.142. The summed E-state index contributed by atoms with van der Waals surface area (Å²) in [6.07, 6.45) is 4.95. The van der Waals surface area contributed by atoms with Crippen molar-refractivity contribution in [3.05, 3.63) is 52.7 Å². The average Bonchev–Trinajstić information content (AvgIpc) is 3.42. The van der Waals surface area contributed by atoms with Crippen molar-refractivity contribution in [2.45, 2.75) is 25.3 Å². The summed E-state index contributed by atoms with van der Waals surface area (Å²) in [5, 5.41) is 14.3. The van der Waals surface area contributed by atoms with Gasteiger partial charge in [-0.15, -0.1) is 0 Å². The number of methoxy groups -OCH3 is 1. The number of hydrogen-bond donors (Lipinski definition) is 3. The maximum absolute atomic E-state index is 12.1. The molecule has 0 radical (unpaired) electrons. The summed E-state index contributed by atoms with van der Waals surface area (Å²) < 4.78 is 6.46. The smallest absolute Gasteiger partial charge is 0.319 e. The molecule has 2 saturated heterocycles. The maximum atomic E-state index is 12.1. The Morgan fingerprint density at radius 2 is 2.08 bits per heavy atom. The molecule has 2 amide bonds. The molecule has 2 fully saturated rings. The lowest BCUT2D eigenvalue weighted by Crippen LogP contribution is -2.41. The lowest BCUT2D eigenvalue weighted by atomic mass is 10.1. The number of halogens is 1. The number of nitrogens with one attached hydrogen (secondary N) is 3. The molecule has 5 rings (SSSR count). The quantitative estimate of drug-likeness (QED) is 0.243. The van der Waals surface area contributed by atoms with Crippen LogP contribution in [0.5, 0.6) is 0 Å². The van der Waals surface area contributed by atoms with Gasteiger partial charge in [0.15, 0.2) is 5.65 Å².